The van der Waals surface area contributed by atoms with E-state index in [1.54, 1.807) is 80.2 Å². The Morgan fingerprint density at radius 1 is 0.419 bits per heavy atom. The number of anilines is 4. The zero-order valence-corrected chi connectivity index (χ0v) is 88.1. The van der Waals surface area contributed by atoms with Crippen molar-refractivity contribution in [1.29, 1.82) is 0 Å². The van der Waals surface area contributed by atoms with E-state index < -0.39 is 52.7 Å². The van der Waals surface area contributed by atoms with Crippen molar-refractivity contribution in [2.45, 2.75) is 346 Å². The number of nitrogens with one attached hydrogen (secondary N) is 8. The molecule has 13 rings (SSSR count). The zero-order chi connectivity index (χ0) is 101. The minimum Gasteiger partial charge on any atom is -0.394 e. The number of carbonyl (C=O) groups is 8. The molecule has 36 heteroatoms. The summed E-state index contributed by atoms with van der Waals surface area (Å²) in [5.41, 5.74) is 4.62. The lowest BCUT2D eigenvalue weighted by molar-refractivity contribution is -0.00294. The van der Waals surface area contributed by atoms with Gasteiger partial charge >= 0.3 is 0 Å². The number of likely N-dealkylation sites (tertiary alicyclic amines) is 4. The molecular weight excluding hydrogens is 1800 g/mol. The lowest BCUT2D eigenvalue weighted by Gasteiger charge is -2.37. The van der Waals surface area contributed by atoms with Gasteiger partial charge in [-0.1, -0.05) is 20.8 Å². The molecule has 32 nitrogen and oxygen atoms in total. The van der Waals surface area contributed by atoms with E-state index in [0.29, 0.717) is 57.8 Å². The molecule has 8 amide bonds. The summed E-state index contributed by atoms with van der Waals surface area (Å²) in [6.07, 6.45) is 16.4. The van der Waals surface area contributed by atoms with Crippen LogP contribution in [0.2, 0.25) is 0 Å². The van der Waals surface area contributed by atoms with Crippen molar-refractivity contribution in [1.82, 2.24) is 80.7 Å². The summed E-state index contributed by atoms with van der Waals surface area (Å²) < 4.78 is 0. The summed E-state index contributed by atoms with van der Waals surface area (Å²) in [6.45, 7) is 58.0. The minimum atomic E-state index is -1.15. The number of aromatic nitrogens is 8. The third kappa shape index (κ3) is 27.9. The second-order valence-corrected chi connectivity index (χ2v) is 46.9. The third-order valence-corrected chi connectivity index (χ3v) is 29.2. The van der Waals surface area contributed by atoms with E-state index in [-0.39, 0.29) is 125 Å². The fourth-order valence-corrected chi connectivity index (χ4v) is 20.2. The Morgan fingerprint density at radius 2 is 0.721 bits per heavy atom. The van der Waals surface area contributed by atoms with Crippen LogP contribution in [0.4, 0.5) is 23.3 Å². The Morgan fingerprint density at radius 3 is 0.985 bits per heavy atom. The van der Waals surface area contributed by atoms with Crippen molar-refractivity contribution < 1.29 is 58.8 Å². The van der Waals surface area contributed by atoms with E-state index in [2.05, 4.69) is 165 Å². The number of rotatable bonds is 24. The molecule has 0 spiro atoms. The van der Waals surface area contributed by atoms with Crippen LogP contribution in [0.1, 0.15) is 340 Å². The molecule has 0 bridgehead atoms. The topological polar surface area (TPSA) is 430 Å². The molecule has 5 aliphatic rings. The fraction of sp³-hybridized carbons (Fsp3) is 0.600. The second-order valence-electron chi connectivity index (χ2n) is 42.9. The molecular formula is C100H146N20O12S4. The number of pyridine rings is 4. The predicted octanol–water partition coefficient (Wildman–Crippen LogP) is 16.6. The number of amides is 8. The number of hydrogen-bond donors (Lipinski definition) is 12. The monoisotopic (exact) mass is 1950 g/mol. The molecule has 1 saturated carbocycles. The molecule has 0 radical (unpaired) electrons. The number of aliphatic hydroxyl groups is 4. The van der Waals surface area contributed by atoms with Gasteiger partial charge in [0.15, 0.2) is 20.0 Å². The molecule has 8 aromatic heterocycles. The zero-order valence-electron chi connectivity index (χ0n) is 84.8. The van der Waals surface area contributed by atoms with Crippen LogP contribution in [0.5, 0.6) is 0 Å². The number of aryl methyl sites for hydroxylation is 4. The Labute approximate surface area is 818 Å². The van der Waals surface area contributed by atoms with E-state index in [4.69, 9.17) is 0 Å². The number of hydrogen-bond acceptors (Lipinski definition) is 28. The predicted molar refractivity (Wildman–Crippen MR) is 544 cm³/mol. The SMILES string of the molecule is Cc1cc(NC(C)(C)C)ncc1-c1sc(C(=O)NC(C)(C)C(C)(C)O)nc1C(=O)N1CCC[C@@H]1C.Cc1cc(NC(C)(C)C)ncc1-c1sc(C(=O)NC2CCCC2O)nc1C(=O)N1CCC[C@@H]1C.Cc1cc(NC(C)(C)C)ncc1-c1sc(C(=O)N[C@H](C)CO)nc1C(=O)N1CCC[C@@H]1C.Cc1cc(NCC(C)(C)C)ncc1-c1sc(C(=O)N[C@H](C)C(C)(C)O)nc1C(=O)N1CCC[C@@H]1C. The molecule has 8 aromatic rings. The Bertz CT molecular complexity index is 5620. The Kier molecular flexibility index (Phi) is 34.9. The smallest absolute Gasteiger partial charge is 0.280 e. The van der Waals surface area contributed by atoms with E-state index in [1.807, 2.05) is 99.3 Å². The average molecular weight is 1950 g/mol. The minimum absolute atomic E-state index is 0.112. The van der Waals surface area contributed by atoms with Gasteiger partial charge in [-0.15, -0.1) is 45.3 Å². The largest absolute Gasteiger partial charge is 0.394 e. The first-order valence-electron chi connectivity index (χ1n) is 47.4. The second kappa shape index (κ2) is 43.9. The van der Waals surface area contributed by atoms with E-state index in [9.17, 15) is 58.8 Å². The lowest BCUT2D eigenvalue weighted by atomic mass is 9.86. The van der Waals surface area contributed by atoms with Crippen LogP contribution in [0.25, 0.3) is 41.8 Å². The summed E-state index contributed by atoms with van der Waals surface area (Å²) in [7, 11) is 0. The maximum atomic E-state index is 13.6. The van der Waals surface area contributed by atoms with Crippen LogP contribution < -0.4 is 42.5 Å². The average Bonchev–Trinajstić information content (AvgIpc) is 1.71. The van der Waals surface area contributed by atoms with Gasteiger partial charge in [0, 0.05) is 127 Å². The normalized spacial score (nSPS) is 18.6. The molecule has 12 heterocycles. The van der Waals surface area contributed by atoms with Crippen LogP contribution in [0, 0.1) is 33.1 Å². The number of nitrogens with zero attached hydrogens (tertiary/aromatic N) is 12. The summed E-state index contributed by atoms with van der Waals surface area (Å²) in [5.74, 6) is 0.805. The molecule has 5 fully saturated rings. The third-order valence-electron chi connectivity index (χ3n) is 24.9. The Hall–Kier alpha value is -10.1. The molecule has 742 valence electrons. The van der Waals surface area contributed by atoms with Gasteiger partial charge in [0.1, 0.15) is 46.0 Å². The molecule has 2 unspecified atom stereocenters. The molecule has 4 saturated heterocycles. The number of aliphatic hydroxyl groups excluding tert-OH is 2. The molecule has 12 N–H and O–H groups in total. The standard InChI is InChI=1S/2C26H39N5O3S.C25H35N5O3S.C23H33N5O3S/c1-15-13-18(29-24(3,4)5)27-14-17(15)20-19(23(33)31-12-10-11-16(31)2)28-22(35-20)21(32)30-25(6,7)26(8,9)34;1-15-12-19(28-14-25(4,5)6)27-13-18(15)21-20(24(33)31-11-9-10-16(31)2)30-23(35-21)22(32)29-17(3)26(7,8)34;1-14-12-19(29-25(3,4)5)26-13-16(14)21-20(24(33)30-11-7-8-15(30)2)28-23(34-21)22(32)27-17-9-6-10-18(17)31;1-13-10-17(27-23(4,5)6)24-11-16(13)19-18(22(31)28-9-7-8-15(28)3)26-21(32-19)20(30)25-14(2)12-29/h13-14,16,34H,10-12H2,1-9H3,(H,27,29)(H,30,32);12-13,16-17,34H,9-11,14H2,1-8H3,(H,27,28)(H,29,32);12-13,15,17-18,31H,6-11H2,1-5H3,(H,26,29)(H,27,32);10-11,14-15,29H,7-9,12H2,1-6H3,(H,24,27)(H,25,30)/t16-;16-,17+;15-,17?,18?;14-,15+/m0001/s1. The highest BCUT2D eigenvalue weighted by molar-refractivity contribution is 7.18. The summed E-state index contributed by atoms with van der Waals surface area (Å²) in [6, 6.07) is 7.19. The first kappa shape index (κ1) is 108. The molecule has 0 aromatic carbocycles. The van der Waals surface area contributed by atoms with Crippen LogP contribution >= 0.6 is 45.3 Å². The summed E-state index contributed by atoms with van der Waals surface area (Å²) >= 11 is 4.76. The van der Waals surface area contributed by atoms with E-state index in [1.165, 1.54) is 45.3 Å². The summed E-state index contributed by atoms with van der Waals surface area (Å²) in [4.78, 5) is 152. The summed E-state index contributed by atoms with van der Waals surface area (Å²) in [5, 5.41) is 65.7. The van der Waals surface area contributed by atoms with Crippen LogP contribution in [-0.2, 0) is 0 Å². The van der Waals surface area contributed by atoms with Gasteiger partial charge in [-0.05, 0) is 296 Å². The highest BCUT2D eigenvalue weighted by atomic mass is 32.1. The number of carbonyl (C=O) groups excluding carboxylic acids is 8. The van der Waals surface area contributed by atoms with Gasteiger partial charge in [-0.25, -0.2) is 39.9 Å². The van der Waals surface area contributed by atoms with Crippen molar-refractivity contribution in [3.63, 3.8) is 0 Å². The molecule has 4 aliphatic heterocycles. The number of thiazole rings is 4. The van der Waals surface area contributed by atoms with Crippen molar-refractivity contribution in [3.8, 4) is 41.8 Å². The van der Waals surface area contributed by atoms with E-state index in [0.717, 1.165) is 139 Å². The van der Waals surface area contributed by atoms with Crippen LogP contribution in [-0.4, -0.2) is 248 Å². The van der Waals surface area contributed by atoms with Crippen LogP contribution in [0.3, 0.4) is 0 Å². The van der Waals surface area contributed by atoms with Gasteiger partial charge in [-0.3, -0.25) is 38.4 Å². The first-order chi connectivity index (χ1) is 63.2. The molecule has 8 atom stereocenters. The van der Waals surface area contributed by atoms with Gasteiger partial charge in [0.05, 0.1) is 61.0 Å². The maximum absolute atomic E-state index is 13.6. The fourth-order valence-electron chi connectivity index (χ4n) is 16.0. The molecule has 1 aliphatic carbocycles. The molecule has 136 heavy (non-hydrogen) atoms. The van der Waals surface area contributed by atoms with Crippen molar-refractivity contribution in [3.05, 3.63) is 114 Å². The Balaban J connectivity index is 0.000000187. The van der Waals surface area contributed by atoms with Gasteiger partial charge < -0.3 is 82.6 Å². The van der Waals surface area contributed by atoms with Gasteiger partial charge in [-0.2, -0.15) is 0 Å². The van der Waals surface area contributed by atoms with Crippen molar-refractivity contribution in [2.24, 2.45) is 5.41 Å². The van der Waals surface area contributed by atoms with Crippen molar-refractivity contribution >= 4 is 116 Å². The van der Waals surface area contributed by atoms with Gasteiger partial charge in [0.25, 0.3) is 47.3 Å². The maximum Gasteiger partial charge on any atom is 0.280 e. The van der Waals surface area contributed by atoms with E-state index >= 15 is 0 Å². The van der Waals surface area contributed by atoms with Crippen molar-refractivity contribution in [2.75, 3.05) is 60.6 Å². The van der Waals surface area contributed by atoms with Gasteiger partial charge in [0.2, 0.25) is 0 Å². The lowest BCUT2D eigenvalue weighted by Crippen LogP contribution is -2.57. The quantitative estimate of drug-likeness (QED) is 0.0267. The highest BCUT2D eigenvalue weighted by Gasteiger charge is 2.42. The highest BCUT2D eigenvalue weighted by Crippen LogP contribution is 2.42. The first-order valence-corrected chi connectivity index (χ1v) is 50.7. The van der Waals surface area contributed by atoms with Crippen LogP contribution in [0.15, 0.2) is 49.1 Å².